The van der Waals surface area contributed by atoms with Gasteiger partial charge in [-0.05, 0) is 60.7 Å². The first-order valence-corrected chi connectivity index (χ1v) is 18.4. The number of rotatable bonds is 11. The predicted octanol–water partition coefficient (Wildman–Crippen LogP) is 1.69. The van der Waals surface area contributed by atoms with Gasteiger partial charge in [-0.3, -0.25) is 0 Å². The molecule has 1 aliphatic heterocycles. The van der Waals surface area contributed by atoms with Crippen molar-refractivity contribution < 1.29 is 129 Å². The zero-order chi connectivity index (χ0) is 49.3. The maximum absolute atomic E-state index is 13.9. The van der Waals surface area contributed by atoms with Gasteiger partial charge in [0.1, 0.15) is 12.7 Å². The first-order chi connectivity index (χ1) is 31.4. The minimum absolute atomic E-state index is 0.534. The highest BCUT2D eigenvalue weighted by molar-refractivity contribution is 5.94. The Morgan fingerprint density at radius 2 is 0.582 bits per heavy atom. The van der Waals surface area contributed by atoms with E-state index in [0.29, 0.717) is 60.7 Å². The summed E-state index contributed by atoms with van der Waals surface area (Å²) in [5.74, 6) is -24.5. The van der Waals surface area contributed by atoms with Crippen molar-refractivity contribution in [3.63, 3.8) is 0 Å². The topological polar surface area (TPSA) is 444 Å². The Hall–Kier alpha value is -9.59. The summed E-state index contributed by atoms with van der Waals surface area (Å²) < 4.78 is 33.2. The summed E-state index contributed by atoms with van der Waals surface area (Å²) in [5, 5.41) is 150. The van der Waals surface area contributed by atoms with E-state index in [9.17, 15) is 101 Å². The molecule has 0 saturated carbocycles. The summed E-state index contributed by atoms with van der Waals surface area (Å²) in [6.07, 6.45) is -12.2. The van der Waals surface area contributed by atoms with Crippen molar-refractivity contribution in [3.05, 3.63) is 88.5 Å². The molecule has 0 aromatic heterocycles. The second-order valence-corrected chi connectivity index (χ2v) is 14.0. The van der Waals surface area contributed by atoms with Gasteiger partial charge in [-0.1, -0.05) is 0 Å². The van der Waals surface area contributed by atoms with Gasteiger partial charge >= 0.3 is 29.8 Å². The van der Waals surface area contributed by atoms with E-state index in [4.69, 9.17) is 28.4 Å². The van der Waals surface area contributed by atoms with E-state index in [-0.39, 0.29) is 0 Å². The minimum atomic E-state index is -2.56. The average molecular weight is 941 g/mol. The summed E-state index contributed by atoms with van der Waals surface area (Å²) >= 11 is 0. The number of carbonyl (C=O) groups excluding carboxylic acids is 5. The summed E-state index contributed by atoms with van der Waals surface area (Å²) in [5.41, 5.74) is -3.88. The number of carbonyl (C=O) groups is 5. The number of benzene rings is 5. The van der Waals surface area contributed by atoms with Crippen LogP contribution in [0.4, 0.5) is 0 Å². The quantitative estimate of drug-likeness (QED) is 0.0509. The molecule has 5 aromatic rings. The van der Waals surface area contributed by atoms with Crippen molar-refractivity contribution in [1.82, 2.24) is 0 Å². The van der Waals surface area contributed by atoms with Crippen LogP contribution in [0.1, 0.15) is 51.8 Å². The normalized spacial score (nSPS) is 17.7. The second-order valence-electron chi connectivity index (χ2n) is 14.0. The number of ether oxygens (including phenoxy) is 6. The molecule has 15 N–H and O–H groups in total. The molecule has 0 aliphatic carbocycles. The van der Waals surface area contributed by atoms with Crippen LogP contribution in [0.25, 0.3) is 0 Å². The Bertz CT molecular complexity index is 2720. The van der Waals surface area contributed by atoms with Crippen LogP contribution < -0.4 is 0 Å². The average Bonchev–Trinajstić information content (AvgIpc) is 3.27. The predicted molar refractivity (Wildman–Crippen MR) is 209 cm³/mol. The molecule has 5 atom stereocenters. The van der Waals surface area contributed by atoms with Crippen molar-refractivity contribution >= 4 is 29.8 Å². The Balaban J connectivity index is 1.52. The van der Waals surface area contributed by atoms with Gasteiger partial charge in [-0.15, -0.1) is 0 Å². The maximum atomic E-state index is 13.9. The van der Waals surface area contributed by atoms with Gasteiger partial charge in [0.15, 0.2) is 98.5 Å². The molecular formula is C41H32O26. The lowest BCUT2D eigenvalue weighted by molar-refractivity contribution is -0.282. The van der Waals surface area contributed by atoms with Crippen LogP contribution in [0.2, 0.25) is 0 Å². The molecule has 1 fully saturated rings. The lowest BCUT2D eigenvalue weighted by Crippen LogP contribution is -2.63. The van der Waals surface area contributed by atoms with Gasteiger partial charge in [-0.25, -0.2) is 24.0 Å². The molecule has 0 spiro atoms. The van der Waals surface area contributed by atoms with Crippen molar-refractivity contribution in [2.45, 2.75) is 30.7 Å². The van der Waals surface area contributed by atoms with Crippen molar-refractivity contribution in [3.8, 4) is 86.2 Å². The van der Waals surface area contributed by atoms with Crippen LogP contribution in [-0.2, 0) is 28.4 Å². The number of hydrogen-bond acceptors (Lipinski definition) is 26. The lowest BCUT2D eigenvalue weighted by Gasteiger charge is -2.43. The van der Waals surface area contributed by atoms with E-state index >= 15 is 0 Å². The number of phenols is 15. The van der Waals surface area contributed by atoms with E-state index in [0.717, 1.165) is 0 Å². The first-order valence-electron chi connectivity index (χ1n) is 18.4. The molecule has 1 saturated heterocycles. The fourth-order valence-corrected chi connectivity index (χ4v) is 6.11. The highest BCUT2D eigenvalue weighted by atomic mass is 16.7. The lowest BCUT2D eigenvalue weighted by atomic mass is 9.97. The molecule has 5 aromatic carbocycles. The van der Waals surface area contributed by atoms with Gasteiger partial charge < -0.3 is 105 Å². The molecular weight excluding hydrogens is 908 g/mol. The third-order valence-corrected chi connectivity index (χ3v) is 9.45. The molecule has 26 nitrogen and oxygen atoms in total. The Morgan fingerprint density at radius 3 is 0.881 bits per heavy atom. The van der Waals surface area contributed by atoms with E-state index in [2.05, 4.69) is 0 Å². The second kappa shape index (κ2) is 18.3. The highest BCUT2D eigenvalue weighted by Crippen LogP contribution is 2.41. The Labute approximate surface area is 370 Å². The minimum Gasteiger partial charge on any atom is -0.504 e. The van der Waals surface area contributed by atoms with Crippen molar-refractivity contribution in [2.75, 3.05) is 6.61 Å². The van der Waals surface area contributed by atoms with Gasteiger partial charge in [0.25, 0.3) is 0 Å². The molecule has 6 rings (SSSR count). The number of aromatic hydroxyl groups is 15. The zero-order valence-corrected chi connectivity index (χ0v) is 33.1. The highest BCUT2D eigenvalue weighted by Gasteiger charge is 2.55. The van der Waals surface area contributed by atoms with Crippen LogP contribution in [0.3, 0.4) is 0 Å². The van der Waals surface area contributed by atoms with Crippen molar-refractivity contribution in [1.29, 1.82) is 0 Å². The number of hydrogen-bond donors (Lipinski definition) is 15. The van der Waals surface area contributed by atoms with Gasteiger partial charge in [0.05, 0.1) is 27.8 Å². The monoisotopic (exact) mass is 940 g/mol. The molecule has 2 unspecified atom stereocenters. The van der Waals surface area contributed by atoms with Gasteiger partial charge in [-0.2, -0.15) is 0 Å². The van der Waals surface area contributed by atoms with E-state index < -0.39 is 181 Å². The summed E-state index contributed by atoms with van der Waals surface area (Å²) in [6.45, 7) is -1.25. The van der Waals surface area contributed by atoms with Crippen LogP contribution in [0, 0.1) is 0 Å². The fourth-order valence-electron chi connectivity index (χ4n) is 6.11. The molecule has 1 heterocycles. The molecule has 0 radical (unpaired) electrons. The van der Waals surface area contributed by atoms with Gasteiger partial charge in [0, 0.05) is 0 Å². The first kappa shape index (κ1) is 46.9. The maximum Gasteiger partial charge on any atom is 0.340 e. The summed E-state index contributed by atoms with van der Waals surface area (Å²) in [4.78, 5) is 68.5. The summed E-state index contributed by atoms with van der Waals surface area (Å²) in [7, 11) is 0. The zero-order valence-electron chi connectivity index (χ0n) is 33.1. The number of phenolic OH excluding ortho intramolecular Hbond substituents is 15. The molecule has 26 heteroatoms. The largest absolute Gasteiger partial charge is 0.504 e. The standard InChI is InChI=1S/C41H32O26/c42-17-1-12(2-18(43)28(17)52)36(57)62-11-27-33(64-37(58)13-3-19(44)29(53)20(45)4-13)34(65-38(59)14-5-21(46)30(54)22(47)6-14)35(66-39(60)15-7-23(48)31(55)24(49)8-15)41(63-27)67-40(61)16-9-25(50)32(56)26(51)10-16/h1-10,27,33-35,41-56H,11H2/t27?,33?,34-,35+,41-/m0/s1. The third kappa shape index (κ3) is 9.67. The van der Waals surface area contributed by atoms with Crippen molar-refractivity contribution in [2.24, 2.45) is 0 Å². The molecule has 67 heavy (non-hydrogen) atoms. The smallest absolute Gasteiger partial charge is 0.340 e. The van der Waals surface area contributed by atoms with Crippen LogP contribution in [0.5, 0.6) is 86.2 Å². The van der Waals surface area contributed by atoms with Crippen LogP contribution in [0.15, 0.2) is 60.7 Å². The Kier molecular flexibility index (Phi) is 12.8. The molecule has 0 amide bonds. The fraction of sp³-hybridized carbons (Fsp3) is 0.146. The number of esters is 5. The van der Waals surface area contributed by atoms with E-state index in [1.54, 1.807) is 0 Å². The molecule has 0 bridgehead atoms. The summed E-state index contributed by atoms with van der Waals surface area (Å²) in [6, 6.07) is 5.60. The SMILES string of the molecule is O=C(OCC1O[C@@H](OC(=O)c2cc(O)c(O)c(O)c2)[C@H](OC(=O)c2cc(O)c(O)c(O)c2)[C@@H](OC(=O)c2cc(O)c(O)c(O)c2)C1OC(=O)c1cc(O)c(O)c(O)c1)c1cc(O)c(O)c(O)c1. The van der Waals surface area contributed by atoms with E-state index in [1.807, 2.05) is 0 Å². The van der Waals surface area contributed by atoms with Gasteiger partial charge in [0.2, 0.25) is 12.4 Å². The third-order valence-electron chi connectivity index (χ3n) is 9.45. The van der Waals surface area contributed by atoms with Crippen LogP contribution >= 0.6 is 0 Å². The van der Waals surface area contributed by atoms with E-state index in [1.165, 1.54) is 0 Å². The molecule has 352 valence electrons. The van der Waals surface area contributed by atoms with Crippen LogP contribution in [-0.4, -0.2) is 144 Å². The molecule has 1 aliphatic rings. The Morgan fingerprint density at radius 1 is 0.343 bits per heavy atom.